The molecular formula is C10H9NO2S. The Bertz CT molecular complexity index is 431. The van der Waals surface area contributed by atoms with Gasteiger partial charge >= 0.3 is 0 Å². The zero-order chi connectivity index (χ0) is 9.97. The van der Waals surface area contributed by atoms with Gasteiger partial charge in [-0.25, -0.2) is 0 Å². The molecule has 0 aromatic carbocycles. The number of rotatable bonds is 3. The Morgan fingerprint density at radius 3 is 3.00 bits per heavy atom. The zero-order valence-electron chi connectivity index (χ0n) is 7.61. The van der Waals surface area contributed by atoms with Crippen molar-refractivity contribution < 1.29 is 9.53 Å². The molecule has 72 valence electrons. The lowest BCUT2D eigenvalue weighted by atomic mass is 10.2. The lowest BCUT2D eigenvalue weighted by Crippen LogP contribution is -1.98. The fraction of sp³-hybridized carbons (Fsp3) is 0.100. The van der Waals surface area contributed by atoms with Gasteiger partial charge < -0.3 is 9.72 Å². The quantitative estimate of drug-likeness (QED) is 0.785. The third kappa shape index (κ3) is 1.56. The molecule has 2 aromatic heterocycles. The smallest absolute Gasteiger partial charge is 0.219 e. The Kier molecular flexibility index (Phi) is 2.37. The summed E-state index contributed by atoms with van der Waals surface area (Å²) in [7, 11) is 1.59. The molecule has 0 amide bonds. The van der Waals surface area contributed by atoms with Crippen molar-refractivity contribution in [1.82, 2.24) is 4.98 Å². The van der Waals surface area contributed by atoms with Gasteiger partial charge in [0.05, 0.1) is 17.7 Å². The number of carbonyl (C=O) groups excluding carboxylic acids is 1. The van der Waals surface area contributed by atoms with E-state index < -0.39 is 0 Å². The molecule has 0 atom stereocenters. The molecule has 3 nitrogen and oxygen atoms in total. The summed E-state index contributed by atoms with van der Waals surface area (Å²) in [5, 5.41) is 1.82. The van der Waals surface area contributed by atoms with Crippen LogP contribution >= 0.6 is 11.3 Å². The predicted octanol–water partition coefficient (Wildman–Crippen LogP) is 2.32. The third-order valence-electron chi connectivity index (χ3n) is 1.88. The van der Waals surface area contributed by atoms with Crippen LogP contribution in [0, 0.1) is 0 Å². The summed E-state index contributed by atoms with van der Waals surface area (Å²) in [5.74, 6) is 0.730. The van der Waals surface area contributed by atoms with Crippen LogP contribution in [0.15, 0.2) is 29.8 Å². The van der Waals surface area contributed by atoms with E-state index in [0.29, 0.717) is 10.6 Å². The van der Waals surface area contributed by atoms with E-state index >= 15 is 0 Å². The van der Waals surface area contributed by atoms with Gasteiger partial charge in [-0.05, 0) is 12.1 Å². The van der Waals surface area contributed by atoms with Gasteiger partial charge in [-0.15, -0.1) is 11.3 Å². The normalized spacial score (nSPS) is 10.1. The molecule has 2 aromatic rings. The summed E-state index contributed by atoms with van der Waals surface area (Å²) in [4.78, 5) is 15.3. The van der Waals surface area contributed by atoms with Gasteiger partial charge in [0, 0.05) is 17.6 Å². The molecular weight excluding hydrogens is 198 g/mol. The highest BCUT2D eigenvalue weighted by Gasteiger charge is 2.12. The highest BCUT2D eigenvalue weighted by Crippen LogP contribution is 2.23. The maximum absolute atomic E-state index is 11.8. The topological polar surface area (TPSA) is 42.1 Å². The molecule has 4 heteroatoms. The van der Waals surface area contributed by atoms with E-state index in [0.717, 1.165) is 5.75 Å². The first-order valence-corrected chi connectivity index (χ1v) is 5.00. The number of methoxy groups -OCH3 is 1. The molecule has 0 saturated carbocycles. The van der Waals surface area contributed by atoms with Crippen LogP contribution in [0.4, 0.5) is 0 Å². The summed E-state index contributed by atoms with van der Waals surface area (Å²) in [6.45, 7) is 0. The van der Waals surface area contributed by atoms with Crippen molar-refractivity contribution in [3.8, 4) is 5.75 Å². The molecule has 0 aliphatic carbocycles. The molecule has 0 bridgehead atoms. The highest BCUT2D eigenvalue weighted by atomic mass is 32.1. The van der Waals surface area contributed by atoms with Crippen LogP contribution in [0.25, 0.3) is 0 Å². The average Bonchev–Trinajstić information content (AvgIpc) is 2.88. The molecule has 14 heavy (non-hydrogen) atoms. The Hall–Kier alpha value is -1.55. The SMILES string of the molecule is COc1csc(C(=O)c2ccc[nH]2)c1. The van der Waals surface area contributed by atoms with Gasteiger partial charge in [0.25, 0.3) is 0 Å². The summed E-state index contributed by atoms with van der Waals surface area (Å²) >= 11 is 1.39. The number of aromatic nitrogens is 1. The van der Waals surface area contributed by atoms with Gasteiger partial charge in [0.15, 0.2) is 0 Å². The summed E-state index contributed by atoms with van der Waals surface area (Å²) in [6.07, 6.45) is 1.73. The molecule has 0 fully saturated rings. The van der Waals surface area contributed by atoms with E-state index in [9.17, 15) is 4.79 Å². The predicted molar refractivity (Wildman–Crippen MR) is 55.1 cm³/mol. The van der Waals surface area contributed by atoms with Crippen molar-refractivity contribution in [2.24, 2.45) is 0 Å². The number of carbonyl (C=O) groups is 1. The lowest BCUT2D eigenvalue weighted by molar-refractivity contribution is 0.103. The van der Waals surface area contributed by atoms with E-state index in [4.69, 9.17) is 4.74 Å². The van der Waals surface area contributed by atoms with Gasteiger partial charge in [-0.1, -0.05) is 0 Å². The largest absolute Gasteiger partial charge is 0.496 e. The second-order valence-corrected chi connectivity index (χ2v) is 3.67. The maximum atomic E-state index is 11.8. The number of thiophene rings is 1. The van der Waals surface area contributed by atoms with E-state index in [1.807, 2.05) is 5.38 Å². The first-order chi connectivity index (χ1) is 6.81. The third-order valence-corrected chi connectivity index (χ3v) is 2.78. The van der Waals surface area contributed by atoms with E-state index in [1.54, 1.807) is 31.5 Å². The molecule has 0 unspecified atom stereocenters. The first kappa shape index (κ1) is 9.02. The minimum atomic E-state index is 0.00306. The number of hydrogen-bond acceptors (Lipinski definition) is 3. The maximum Gasteiger partial charge on any atom is 0.219 e. The van der Waals surface area contributed by atoms with Gasteiger partial charge in [-0.2, -0.15) is 0 Å². The molecule has 0 aliphatic heterocycles. The number of ether oxygens (including phenoxy) is 1. The minimum Gasteiger partial charge on any atom is -0.496 e. The Balaban J connectivity index is 2.28. The fourth-order valence-corrected chi connectivity index (χ4v) is 1.96. The molecule has 0 spiro atoms. The first-order valence-electron chi connectivity index (χ1n) is 4.12. The van der Waals surface area contributed by atoms with Crippen molar-refractivity contribution in [2.75, 3.05) is 7.11 Å². The second-order valence-electron chi connectivity index (χ2n) is 2.76. The number of ketones is 1. The van der Waals surface area contributed by atoms with Crippen molar-refractivity contribution in [1.29, 1.82) is 0 Å². The van der Waals surface area contributed by atoms with E-state index in [2.05, 4.69) is 4.98 Å². The van der Waals surface area contributed by atoms with Crippen LogP contribution in [0.2, 0.25) is 0 Å². The van der Waals surface area contributed by atoms with Crippen molar-refractivity contribution in [2.45, 2.75) is 0 Å². The second kappa shape index (κ2) is 3.67. The summed E-state index contributed by atoms with van der Waals surface area (Å²) < 4.78 is 5.01. The Morgan fingerprint density at radius 2 is 2.43 bits per heavy atom. The Labute approximate surface area is 85.3 Å². The van der Waals surface area contributed by atoms with E-state index in [-0.39, 0.29) is 5.78 Å². The number of H-pyrrole nitrogens is 1. The summed E-state index contributed by atoms with van der Waals surface area (Å²) in [5.41, 5.74) is 0.606. The monoisotopic (exact) mass is 207 g/mol. The number of aromatic amines is 1. The van der Waals surface area contributed by atoms with Crippen LogP contribution in [-0.2, 0) is 0 Å². The number of nitrogens with one attached hydrogen (secondary N) is 1. The van der Waals surface area contributed by atoms with Gasteiger partial charge in [0.1, 0.15) is 5.75 Å². The zero-order valence-corrected chi connectivity index (χ0v) is 8.43. The molecule has 2 heterocycles. The highest BCUT2D eigenvalue weighted by molar-refractivity contribution is 7.12. The van der Waals surface area contributed by atoms with E-state index in [1.165, 1.54) is 11.3 Å². The van der Waals surface area contributed by atoms with Crippen LogP contribution in [-0.4, -0.2) is 17.9 Å². The molecule has 0 aliphatic rings. The fourth-order valence-electron chi connectivity index (χ4n) is 1.15. The standard InChI is InChI=1S/C10H9NO2S/c1-13-7-5-9(14-6-7)10(12)8-3-2-4-11-8/h2-6,11H,1H3. The lowest BCUT2D eigenvalue weighted by Gasteiger charge is -1.92. The summed E-state index contributed by atoms with van der Waals surface area (Å²) in [6, 6.07) is 5.31. The Morgan fingerprint density at radius 1 is 1.57 bits per heavy atom. The van der Waals surface area contributed by atoms with Crippen molar-refractivity contribution in [3.05, 3.63) is 40.3 Å². The van der Waals surface area contributed by atoms with Crippen LogP contribution < -0.4 is 4.74 Å². The van der Waals surface area contributed by atoms with Crippen molar-refractivity contribution in [3.63, 3.8) is 0 Å². The molecule has 0 radical (unpaired) electrons. The molecule has 0 saturated heterocycles. The van der Waals surface area contributed by atoms with Crippen LogP contribution in [0.1, 0.15) is 15.4 Å². The van der Waals surface area contributed by atoms with Crippen molar-refractivity contribution >= 4 is 17.1 Å². The molecule has 2 rings (SSSR count). The van der Waals surface area contributed by atoms with Crippen LogP contribution in [0.3, 0.4) is 0 Å². The van der Waals surface area contributed by atoms with Gasteiger partial charge in [0.2, 0.25) is 5.78 Å². The van der Waals surface area contributed by atoms with Crippen LogP contribution in [0.5, 0.6) is 5.75 Å². The average molecular weight is 207 g/mol. The number of hydrogen-bond donors (Lipinski definition) is 1. The molecule has 1 N–H and O–H groups in total. The van der Waals surface area contributed by atoms with Gasteiger partial charge in [-0.3, -0.25) is 4.79 Å². The minimum absolute atomic E-state index is 0.00306.